The van der Waals surface area contributed by atoms with Crippen molar-refractivity contribution in [2.75, 3.05) is 13.6 Å². The van der Waals surface area contributed by atoms with Crippen molar-refractivity contribution in [3.63, 3.8) is 0 Å². The maximum absolute atomic E-state index is 11.5. The van der Waals surface area contributed by atoms with Crippen molar-refractivity contribution < 1.29 is 4.79 Å². The molecule has 2 N–H and O–H groups in total. The molecule has 0 saturated carbocycles. The first-order chi connectivity index (χ1) is 6.74. The maximum atomic E-state index is 11.5. The molecule has 0 aliphatic rings. The van der Waals surface area contributed by atoms with E-state index >= 15 is 0 Å². The van der Waals surface area contributed by atoms with Gasteiger partial charge in [-0.05, 0) is 7.05 Å². The third-order valence-corrected chi connectivity index (χ3v) is 2.63. The maximum Gasteiger partial charge on any atom is 0.224 e. The predicted molar refractivity (Wildman–Crippen MR) is 71.5 cm³/mol. The summed E-state index contributed by atoms with van der Waals surface area (Å²) in [5, 5.41) is 8.65. The number of halogens is 2. The zero-order valence-electron chi connectivity index (χ0n) is 9.23. The fourth-order valence-electron chi connectivity index (χ4n) is 1.08. The molecule has 0 radical (unpaired) electrons. The van der Waals surface area contributed by atoms with Crippen LogP contribution in [-0.4, -0.2) is 24.5 Å². The van der Waals surface area contributed by atoms with Crippen LogP contribution in [0.1, 0.15) is 11.9 Å². The Bertz CT molecular complexity index is 282. The van der Waals surface area contributed by atoms with Crippen LogP contribution in [-0.2, 0) is 11.3 Å². The molecule has 0 aliphatic heterocycles. The Morgan fingerprint density at radius 2 is 2.25 bits per heavy atom. The Morgan fingerprint density at radius 3 is 2.75 bits per heavy atom. The first kappa shape index (κ1) is 18.0. The Balaban J connectivity index is 0. The number of carbonyl (C=O) groups is 1. The van der Waals surface area contributed by atoms with Gasteiger partial charge in [-0.15, -0.1) is 36.2 Å². The average molecular weight is 286 g/mol. The van der Waals surface area contributed by atoms with Gasteiger partial charge in [0, 0.05) is 24.0 Å². The van der Waals surface area contributed by atoms with E-state index in [2.05, 4.69) is 15.6 Å². The summed E-state index contributed by atoms with van der Waals surface area (Å²) in [4.78, 5) is 15.5. The lowest BCUT2D eigenvalue weighted by molar-refractivity contribution is -0.124. The summed E-state index contributed by atoms with van der Waals surface area (Å²) in [6.45, 7) is 3.13. The molecule has 7 heteroatoms. The van der Waals surface area contributed by atoms with Crippen LogP contribution in [0.2, 0.25) is 0 Å². The third kappa shape index (κ3) is 6.27. The molecule has 4 nitrogen and oxygen atoms in total. The lowest BCUT2D eigenvalue weighted by Crippen LogP contribution is -2.33. The highest BCUT2D eigenvalue weighted by atomic mass is 35.5. The number of thiazole rings is 1. The lowest BCUT2D eigenvalue weighted by atomic mass is 10.1. The molecular weight excluding hydrogens is 269 g/mol. The summed E-state index contributed by atoms with van der Waals surface area (Å²) in [6.07, 6.45) is 1.74. The number of rotatable bonds is 5. The topological polar surface area (TPSA) is 54.0 Å². The quantitative estimate of drug-likeness (QED) is 0.861. The van der Waals surface area contributed by atoms with E-state index < -0.39 is 0 Å². The van der Waals surface area contributed by atoms with E-state index in [0.717, 1.165) is 5.01 Å². The van der Waals surface area contributed by atoms with E-state index in [1.165, 1.54) is 0 Å². The minimum Gasteiger partial charge on any atom is -0.349 e. The number of nitrogens with zero attached hydrogens (tertiary/aromatic N) is 1. The zero-order valence-corrected chi connectivity index (χ0v) is 11.7. The number of aromatic nitrogens is 1. The molecule has 1 atom stereocenters. The van der Waals surface area contributed by atoms with Gasteiger partial charge < -0.3 is 10.6 Å². The summed E-state index contributed by atoms with van der Waals surface area (Å²) < 4.78 is 0. The number of hydrogen-bond donors (Lipinski definition) is 2. The van der Waals surface area contributed by atoms with Crippen molar-refractivity contribution in [1.82, 2.24) is 15.6 Å². The first-order valence-electron chi connectivity index (χ1n) is 4.54. The van der Waals surface area contributed by atoms with E-state index in [0.29, 0.717) is 13.1 Å². The predicted octanol–water partition coefficient (Wildman–Crippen LogP) is 1.46. The van der Waals surface area contributed by atoms with Crippen molar-refractivity contribution in [3.05, 3.63) is 16.6 Å². The van der Waals surface area contributed by atoms with E-state index in [1.807, 2.05) is 19.4 Å². The highest BCUT2D eigenvalue weighted by Crippen LogP contribution is 2.03. The van der Waals surface area contributed by atoms with E-state index in [9.17, 15) is 4.79 Å². The van der Waals surface area contributed by atoms with Crippen LogP contribution in [0.5, 0.6) is 0 Å². The number of carbonyl (C=O) groups excluding carboxylic acids is 1. The van der Waals surface area contributed by atoms with Crippen LogP contribution in [0.3, 0.4) is 0 Å². The van der Waals surface area contributed by atoms with Crippen molar-refractivity contribution in [1.29, 1.82) is 0 Å². The van der Waals surface area contributed by atoms with Crippen LogP contribution in [0.25, 0.3) is 0 Å². The van der Waals surface area contributed by atoms with Gasteiger partial charge in [-0.2, -0.15) is 0 Å². The highest BCUT2D eigenvalue weighted by molar-refractivity contribution is 7.09. The summed E-state index contributed by atoms with van der Waals surface area (Å²) in [7, 11) is 1.84. The number of amides is 1. The zero-order chi connectivity index (χ0) is 10.4. The average Bonchev–Trinajstić information content (AvgIpc) is 2.67. The second-order valence-electron chi connectivity index (χ2n) is 3.10. The number of nitrogens with one attached hydrogen (secondary N) is 2. The molecule has 0 saturated heterocycles. The fraction of sp³-hybridized carbons (Fsp3) is 0.556. The Kier molecular flexibility index (Phi) is 11.1. The molecule has 1 unspecified atom stereocenters. The van der Waals surface area contributed by atoms with Crippen LogP contribution in [0, 0.1) is 5.92 Å². The van der Waals surface area contributed by atoms with Crippen molar-refractivity contribution in [3.8, 4) is 0 Å². The van der Waals surface area contributed by atoms with Gasteiger partial charge in [0.1, 0.15) is 5.01 Å². The minimum absolute atomic E-state index is 0. The fourth-order valence-corrected chi connectivity index (χ4v) is 1.63. The van der Waals surface area contributed by atoms with Crippen LogP contribution in [0.15, 0.2) is 11.6 Å². The van der Waals surface area contributed by atoms with Crippen LogP contribution >= 0.6 is 36.2 Å². The molecule has 1 heterocycles. The number of hydrogen-bond acceptors (Lipinski definition) is 4. The highest BCUT2D eigenvalue weighted by Gasteiger charge is 2.11. The van der Waals surface area contributed by atoms with Gasteiger partial charge in [0.15, 0.2) is 0 Å². The third-order valence-electron chi connectivity index (χ3n) is 1.86. The molecule has 0 spiro atoms. The molecular formula is C9H17Cl2N3OS. The molecule has 1 amide bonds. The molecule has 1 aromatic rings. The van der Waals surface area contributed by atoms with E-state index in [4.69, 9.17) is 0 Å². The molecule has 0 fully saturated rings. The molecule has 16 heavy (non-hydrogen) atoms. The summed E-state index contributed by atoms with van der Waals surface area (Å²) in [6, 6.07) is 0. The molecule has 0 bridgehead atoms. The second-order valence-corrected chi connectivity index (χ2v) is 4.08. The largest absolute Gasteiger partial charge is 0.349 e. The SMILES string of the molecule is CNCC(C)C(=O)NCc1nccs1.Cl.Cl. The van der Waals surface area contributed by atoms with Gasteiger partial charge in [-0.1, -0.05) is 6.92 Å². The smallest absolute Gasteiger partial charge is 0.224 e. The van der Waals surface area contributed by atoms with E-state index in [1.54, 1.807) is 17.5 Å². The van der Waals surface area contributed by atoms with E-state index in [-0.39, 0.29) is 36.6 Å². The molecule has 1 aromatic heterocycles. The standard InChI is InChI=1S/C9H15N3OS.2ClH/c1-7(5-10-2)9(13)12-6-8-11-3-4-14-8;;/h3-4,7,10H,5-6H2,1-2H3,(H,12,13);2*1H. The summed E-state index contributed by atoms with van der Waals surface area (Å²) in [5.74, 6) is 0.0644. The second kappa shape index (κ2) is 9.84. The van der Waals surface area contributed by atoms with Crippen molar-refractivity contribution >= 4 is 42.1 Å². The summed E-state index contributed by atoms with van der Waals surface area (Å²) >= 11 is 1.55. The Morgan fingerprint density at radius 1 is 1.56 bits per heavy atom. The first-order valence-corrected chi connectivity index (χ1v) is 5.42. The van der Waals surface area contributed by atoms with Gasteiger partial charge in [0.2, 0.25) is 5.91 Å². The molecule has 0 aromatic carbocycles. The molecule has 0 aliphatic carbocycles. The Labute approximate surface area is 112 Å². The van der Waals surface area contributed by atoms with Gasteiger partial charge in [0.25, 0.3) is 0 Å². The van der Waals surface area contributed by atoms with Gasteiger partial charge in [-0.3, -0.25) is 4.79 Å². The normalized spacial score (nSPS) is 10.9. The van der Waals surface area contributed by atoms with Crippen LogP contribution < -0.4 is 10.6 Å². The Hall–Kier alpha value is -0.360. The van der Waals surface area contributed by atoms with Crippen molar-refractivity contribution in [2.45, 2.75) is 13.5 Å². The van der Waals surface area contributed by atoms with Crippen molar-refractivity contribution in [2.24, 2.45) is 5.92 Å². The molecule has 94 valence electrons. The van der Waals surface area contributed by atoms with Gasteiger partial charge >= 0.3 is 0 Å². The van der Waals surface area contributed by atoms with Crippen LogP contribution in [0.4, 0.5) is 0 Å². The summed E-state index contributed by atoms with van der Waals surface area (Å²) in [5.41, 5.74) is 0. The molecule has 1 rings (SSSR count). The van der Waals surface area contributed by atoms with Gasteiger partial charge in [0.05, 0.1) is 6.54 Å². The minimum atomic E-state index is -0.0000350. The lowest BCUT2D eigenvalue weighted by Gasteiger charge is -2.10. The monoisotopic (exact) mass is 285 g/mol. The van der Waals surface area contributed by atoms with Gasteiger partial charge in [-0.25, -0.2) is 4.98 Å².